The van der Waals surface area contributed by atoms with E-state index in [0.717, 1.165) is 10.9 Å². The molecule has 2 atom stereocenters. The van der Waals surface area contributed by atoms with Gasteiger partial charge in [-0.1, -0.05) is 25.1 Å². The maximum atomic E-state index is 12.2. The first kappa shape index (κ1) is 16.5. The number of rotatable bonds is 2. The number of hydrogen-bond donors (Lipinski definition) is 1. The van der Waals surface area contributed by atoms with E-state index >= 15 is 0 Å². The van der Waals surface area contributed by atoms with Gasteiger partial charge in [-0.05, 0) is 32.8 Å². The molecule has 1 aromatic carbocycles. The minimum atomic E-state index is -0.479. The molecule has 1 amide bonds. The second-order valence-electron chi connectivity index (χ2n) is 7.37. The Hall–Kier alpha value is -2.37. The number of carbonyl (C=O) groups excluding carboxylic acids is 1. The number of ether oxygens (including phenoxy) is 1. The van der Waals surface area contributed by atoms with Crippen molar-refractivity contribution in [2.24, 2.45) is 5.92 Å². The Bertz CT molecular complexity index is 741. The highest BCUT2D eigenvalue weighted by molar-refractivity contribution is 5.78. The number of nitrogens with zero attached hydrogens (tertiary/aromatic N) is 3. The Morgan fingerprint density at radius 3 is 2.79 bits per heavy atom. The first-order valence-electron chi connectivity index (χ1n) is 8.28. The van der Waals surface area contributed by atoms with E-state index in [4.69, 9.17) is 4.74 Å². The van der Waals surface area contributed by atoms with Crippen LogP contribution in [0.15, 0.2) is 30.5 Å². The summed E-state index contributed by atoms with van der Waals surface area (Å²) in [5, 5.41) is 4.37. The van der Waals surface area contributed by atoms with Crippen molar-refractivity contribution in [3.63, 3.8) is 0 Å². The molecular weight excluding hydrogens is 304 g/mol. The largest absolute Gasteiger partial charge is 0.444 e. The van der Waals surface area contributed by atoms with E-state index in [1.165, 1.54) is 0 Å². The van der Waals surface area contributed by atoms with Gasteiger partial charge in [0, 0.05) is 24.7 Å². The van der Waals surface area contributed by atoms with Gasteiger partial charge in [-0.3, -0.25) is 0 Å². The molecule has 0 aliphatic carbocycles. The van der Waals surface area contributed by atoms with Gasteiger partial charge in [0.1, 0.15) is 5.60 Å². The minimum Gasteiger partial charge on any atom is -0.444 e. The molecule has 2 aromatic rings. The number of para-hydroxylation sites is 1. The minimum absolute atomic E-state index is 0.110. The fraction of sp³-hybridized carbons (Fsp3) is 0.500. The molecule has 0 spiro atoms. The molecular formula is C18H24N4O2. The van der Waals surface area contributed by atoms with Gasteiger partial charge in [0.2, 0.25) is 5.95 Å². The lowest BCUT2D eigenvalue weighted by molar-refractivity contribution is 0.0288. The van der Waals surface area contributed by atoms with Crippen LogP contribution in [-0.4, -0.2) is 45.7 Å². The highest BCUT2D eigenvalue weighted by Crippen LogP contribution is 2.22. The zero-order chi connectivity index (χ0) is 17.3. The number of nitrogens with one attached hydrogen (secondary N) is 1. The molecule has 1 fully saturated rings. The van der Waals surface area contributed by atoms with E-state index in [0.29, 0.717) is 25.0 Å². The first-order chi connectivity index (χ1) is 11.3. The van der Waals surface area contributed by atoms with Crippen LogP contribution < -0.4 is 5.32 Å². The third-order valence-corrected chi connectivity index (χ3v) is 4.07. The van der Waals surface area contributed by atoms with E-state index in [1.54, 1.807) is 4.90 Å². The van der Waals surface area contributed by atoms with Crippen molar-refractivity contribution >= 4 is 22.9 Å². The Morgan fingerprint density at radius 2 is 2.04 bits per heavy atom. The molecule has 128 valence electrons. The lowest BCUT2D eigenvalue weighted by atomic mass is 10.1. The number of hydrogen-bond acceptors (Lipinski definition) is 5. The maximum Gasteiger partial charge on any atom is 0.410 e. The Balaban J connectivity index is 1.67. The fourth-order valence-corrected chi connectivity index (χ4v) is 2.84. The smallest absolute Gasteiger partial charge is 0.410 e. The van der Waals surface area contributed by atoms with Crippen LogP contribution in [0.4, 0.5) is 10.7 Å². The molecule has 2 unspecified atom stereocenters. The molecule has 2 heterocycles. The average molecular weight is 328 g/mol. The van der Waals surface area contributed by atoms with Gasteiger partial charge in [-0.25, -0.2) is 14.8 Å². The standard InChI is InChI=1S/C18H24N4O2/c1-12-10-22(17(23)24-18(2,3)4)11-15(12)21-16-19-9-13-7-5-6-8-14(13)20-16/h5-9,12,15H,10-11H2,1-4H3,(H,19,20,21). The summed E-state index contributed by atoms with van der Waals surface area (Å²) in [5.41, 5.74) is 0.428. The molecule has 0 bridgehead atoms. The lowest BCUT2D eigenvalue weighted by Gasteiger charge is -2.24. The summed E-state index contributed by atoms with van der Waals surface area (Å²) in [4.78, 5) is 22.9. The normalized spacial score (nSPS) is 21.1. The predicted octanol–water partition coefficient (Wildman–Crippen LogP) is 3.30. The topological polar surface area (TPSA) is 67.3 Å². The van der Waals surface area contributed by atoms with Gasteiger partial charge in [0.05, 0.1) is 11.6 Å². The highest BCUT2D eigenvalue weighted by atomic mass is 16.6. The SMILES string of the molecule is CC1CN(C(=O)OC(C)(C)C)CC1Nc1ncc2ccccc2n1. The number of likely N-dealkylation sites (tertiary alicyclic amines) is 1. The van der Waals surface area contributed by atoms with Crippen LogP contribution in [0.25, 0.3) is 10.9 Å². The fourth-order valence-electron chi connectivity index (χ4n) is 2.84. The summed E-state index contributed by atoms with van der Waals surface area (Å²) in [5.74, 6) is 0.893. The van der Waals surface area contributed by atoms with Gasteiger partial charge in [-0.15, -0.1) is 0 Å². The van der Waals surface area contributed by atoms with Crippen LogP contribution in [0.2, 0.25) is 0 Å². The van der Waals surface area contributed by atoms with Gasteiger partial charge in [0.15, 0.2) is 0 Å². The second kappa shape index (κ2) is 6.26. The van der Waals surface area contributed by atoms with Crippen LogP contribution in [0.1, 0.15) is 27.7 Å². The predicted molar refractivity (Wildman–Crippen MR) is 93.9 cm³/mol. The summed E-state index contributed by atoms with van der Waals surface area (Å²) in [7, 11) is 0. The van der Waals surface area contributed by atoms with Crippen molar-refractivity contribution in [1.29, 1.82) is 0 Å². The van der Waals surface area contributed by atoms with Crippen molar-refractivity contribution in [2.75, 3.05) is 18.4 Å². The number of carbonyl (C=O) groups is 1. The number of anilines is 1. The van der Waals surface area contributed by atoms with E-state index in [2.05, 4.69) is 22.2 Å². The molecule has 0 saturated carbocycles. The first-order valence-corrected chi connectivity index (χ1v) is 8.28. The van der Waals surface area contributed by atoms with Crippen LogP contribution in [0.3, 0.4) is 0 Å². The zero-order valence-electron chi connectivity index (χ0n) is 14.6. The summed E-state index contributed by atoms with van der Waals surface area (Å²) >= 11 is 0. The molecule has 3 rings (SSSR count). The monoisotopic (exact) mass is 328 g/mol. The van der Waals surface area contributed by atoms with Crippen molar-refractivity contribution in [3.8, 4) is 0 Å². The van der Waals surface area contributed by atoms with E-state index in [9.17, 15) is 4.79 Å². The second-order valence-corrected chi connectivity index (χ2v) is 7.37. The number of benzene rings is 1. The van der Waals surface area contributed by atoms with Crippen molar-refractivity contribution in [3.05, 3.63) is 30.5 Å². The molecule has 1 aliphatic rings. The molecule has 6 nitrogen and oxygen atoms in total. The third-order valence-electron chi connectivity index (χ3n) is 4.07. The third kappa shape index (κ3) is 3.75. The molecule has 1 saturated heterocycles. The van der Waals surface area contributed by atoms with E-state index in [-0.39, 0.29) is 12.1 Å². The molecule has 24 heavy (non-hydrogen) atoms. The van der Waals surface area contributed by atoms with Crippen molar-refractivity contribution < 1.29 is 9.53 Å². The van der Waals surface area contributed by atoms with Gasteiger partial charge >= 0.3 is 6.09 Å². The van der Waals surface area contributed by atoms with E-state index in [1.807, 2.05) is 51.2 Å². The van der Waals surface area contributed by atoms with Crippen LogP contribution in [0.5, 0.6) is 0 Å². The quantitative estimate of drug-likeness (QED) is 0.916. The Labute approximate surface area is 142 Å². The summed E-state index contributed by atoms with van der Waals surface area (Å²) in [6.07, 6.45) is 1.55. The van der Waals surface area contributed by atoms with Crippen molar-refractivity contribution in [1.82, 2.24) is 14.9 Å². The lowest BCUT2D eigenvalue weighted by Crippen LogP contribution is -2.36. The van der Waals surface area contributed by atoms with Gasteiger partial charge in [0.25, 0.3) is 0 Å². The zero-order valence-corrected chi connectivity index (χ0v) is 14.6. The Kier molecular flexibility index (Phi) is 4.30. The summed E-state index contributed by atoms with van der Waals surface area (Å²) < 4.78 is 5.45. The molecule has 1 aromatic heterocycles. The van der Waals surface area contributed by atoms with Crippen molar-refractivity contribution in [2.45, 2.75) is 39.3 Å². The molecule has 1 N–H and O–H groups in total. The molecule has 0 radical (unpaired) electrons. The van der Waals surface area contributed by atoms with Crippen LogP contribution in [0, 0.1) is 5.92 Å². The van der Waals surface area contributed by atoms with E-state index < -0.39 is 5.60 Å². The average Bonchev–Trinajstić information content (AvgIpc) is 2.87. The van der Waals surface area contributed by atoms with Crippen LogP contribution in [-0.2, 0) is 4.74 Å². The molecule has 6 heteroatoms. The molecule has 1 aliphatic heterocycles. The van der Waals surface area contributed by atoms with Gasteiger partial charge < -0.3 is 15.0 Å². The number of fused-ring (bicyclic) bond motifs is 1. The maximum absolute atomic E-state index is 12.2. The summed E-state index contributed by atoms with van der Waals surface area (Å²) in [6.45, 7) is 9.00. The number of aromatic nitrogens is 2. The highest BCUT2D eigenvalue weighted by Gasteiger charge is 2.35. The Morgan fingerprint density at radius 1 is 1.29 bits per heavy atom. The summed E-state index contributed by atoms with van der Waals surface area (Å²) in [6, 6.07) is 7.99. The number of amides is 1. The van der Waals surface area contributed by atoms with Crippen LogP contribution >= 0.6 is 0 Å². The van der Waals surface area contributed by atoms with Gasteiger partial charge in [-0.2, -0.15) is 0 Å².